The fourth-order valence-electron chi connectivity index (χ4n) is 3.04. The third kappa shape index (κ3) is 5.56. The molecule has 0 unspecified atom stereocenters. The minimum atomic E-state index is -3.62. The van der Waals surface area contributed by atoms with Gasteiger partial charge >= 0.3 is 0 Å². The molecule has 0 spiro atoms. The number of nitrogens with zero attached hydrogens (tertiary/aromatic N) is 2. The van der Waals surface area contributed by atoms with Crippen molar-refractivity contribution in [2.75, 3.05) is 33.8 Å². The normalized spacial score (nSPS) is 15.8. The van der Waals surface area contributed by atoms with E-state index in [-0.39, 0.29) is 10.8 Å². The van der Waals surface area contributed by atoms with Crippen LogP contribution < -0.4 is 4.74 Å². The monoisotopic (exact) mass is 394 g/mol. The van der Waals surface area contributed by atoms with Gasteiger partial charge in [-0.3, -0.25) is 4.79 Å². The van der Waals surface area contributed by atoms with Crippen LogP contribution in [-0.4, -0.2) is 57.3 Å². The van der Waals surface area contributed by atoms with Crippen molar-refractivity contribution in [3.05, 3.63) is 29.8 Å². The van der Waals surface area contributed by atoms with Crippen molar-refractivity contribution < 1.29 is 17.9 Å². The van der Waals surface area contributed by atoms with Crippen LogP contribution in [0.1, 0.15) is 44.6 Å². The van der Waals surface area contributed by atoms with Crippen molar-refractivity contribution >= 4 is 22.0 Å². The Balaban J connectivity index is 2.24. The number of benzene rings is 1. The number of piperidine rings is 1. The molecule has 1 saturated heterocycles. The summed E-state index contributed by atoms with van der Waals surface area (Å²) in [5.41, 5.74) is 0.656. The summed E-state index contributed by atoms with van der Waals surface area (Å²) in [4.78, 5) is 14.0. The van der Waals surface area contributed by atoms with E-state index >= 15 is 0 Å². The number of sulfonamides is 1. The van der Waals surface area contributed by atoms with Gasteiger partial charge in [0.05, 0.1) is 7.11 Å². The van der Waals surface area contributed by atoms with Gasteiger partial charge in [-0.05, 0) is 43.0 Å². The first-order chi connectivity index (χ1) is 12.9. The lowest BCUT2D eigenvalue weighted by Gasteiger charge is -2.26. The third-order valence-corrected chi connectivity index (χ3v) is 6.68. The maximum Gasteiger partial charge on any atom is 0.246 e. The summed E-state index contributed by atoms with van der Waals surface area (Å²) >= 11 is 0. The standard InChI is InChI=1S/C20H30N2O4S/c1-4-5-13-21(2)20(23)12-10-17-9-11-18(26-3)19(16-17)27(24,25)22-14-7-6-8-15-22/h9-12,16H,4-8,13-15H2,1-3H3/b12-10+. The van der Waals surface area contributed by atoms with E-state index in [4.69, 9.17) is 4.74 Å². The van der Waals surface area contributed by atoms with Crippen LogP contribution in [0.5, 0.6) is 5.75 Å². The van der Waals surface area contributed by atoms with E-state index in [1.165, 1.54) is 17.5 Å². The van der Waals surface area contributed by atoms with E-state index in [1.807, 2.05) is 0 Å². The van der Waals surface area contributed by atoms with Crippen LogP contribution in [0.4, 0.5) is 0 Å². The molecule has 0 radical (unpaired) electrons. The number of unbranched alkanes of at least 4 members (excludes halogenated alkanes) is 1. The van der Waals surface area contributed by atoms with Gasteiger partial charge < -0.3 is 9.64 Å². The first-order valence-corrected chi connectivity index (χ1v) is 11.0. The maximum absolute atomic E-state index is 13.0. The van der Waals surface area contributed by atoms with Gasteiger partial charge in [0, 0.05) is 32.8 Å². The molecule has 1 aromatic carbocycles. The molecular weight excluding hydrogens is 364 g/mol. The molecule has 0 atom stereocenters. The average molecular weight is 395 g/mol. The van der Waals surface area contributed by atoms with Crippen molar-refractivity contribution in [3.8, 4) is 5.75 Å². The van der Waals surface area contributed by atoms with Crippen LogP contribution in [0.2, 0.25) is 0 Å². The Bertz CT molecular complexity index is 768. The van der Waals surface area contributed by atoms with Crippen molar-refractivity contribution in [2.45, 2.75) is 43.9 Å². The van der Waals surface area contributed by atoms with E-state index in [2.05, 4.69) is 6.92 Å². The molecule has 0 bridgehead atoms. The minimum Gasteiger partial charge on any atom is -0.495 e. The Morgan fingerprint density at radius 3 is 2.59 bits per heavy atom. The molecule has 1 heterocycles. The molecule has 0 aromatic heterocycles. The lowest BCUT2D eigenvalue weighted by molar-refractivity contribution is -0.124. The molecule has 0 aliphatic carbocycles. The Kier molecular flexibility index (Phi) is 7.86. The van der Waals surface area contributed by atoms with Crippen LogP contribution in [0.25, 0.3) is 6.08 Å². The van der Waals surface area contributed by atoms with E-state index in [0.29, 0.717) is 30.9 Å². The van der Waals surface area contributed by atoms with Gasteiger partial charge in [0.25, 0.3) is 0 Å². The van der Waals surface area contributed by atoms with Crippen LogP contribution in [0, 0.1) is 0 Å². The zero-order chi connectivity index (χ0) is 19.9. The lowest BCUT2D eigenvalue weighted by Crippen LogP contribution is -2.35. The van der Waals surface area contributed by atoms with Gasteiger partial charge in [0.2, 0.25) is 15.9 Å². The second kappa shape index (κ2) is 9.90. The van der Waals surface area contributed by atoms with Crippen LogP contribution in [0.15, 0.2) is 29.2 Å². The molecule has 27 heavy (non-hydrogen) atoms. The minimum absolute atomic E-state index is 0.0975. The number of carbonyl (C=O) groups excluding carboxylic acids is 1. The van der Waals surface area contributed by atoms with Gasteiger partial charge in [0.15, 0.2) is 0 Å². The summed E-state index contributed by atoms with van der Waals surface area (Å²) in [5.74, 6) is 0.226. The molecule has 1 amide bonds. The van der Waals surface area contributed by atoms with E-state index < -0.39 is 10.0 Å². The predicted molar refractivity (Wildman–Crippen MR) is 107 cm³/mol. The van der Waals surface area contributed by atoms with Gasteiger partial charge in [0.1, 0.15) is 10.6 Å². The third-order valence-electron chi connectivity index (χ3n) is 4.76. The molecule has 6 nitrogen and oxygen atoms in total. The zero-order valence-corrected chi connectivity index (χ0v) is 17.3. The van der Waals surface area contributed by atoms with Gasteiger partial charge in [-0.25, -0.2) is 8.42 Å². The maximum atomic E-state index is 13.0. The highest BCUT2D eigenvalue weighted by Gasteiger charge is 2.29. The topological polar surface area (TPSA) is 66.9 Å². The summed E-state index contributed by atoms with van der Waals surface area (Å²) in [6, 6.07) is 4.98. The predicted octanol–water partition coefficient (Wildman–Crippen LogP) is 3.14. The highest BCUT2D eigenvalue weighted by Crippen LogP contribution is 2.30. The Morgan fingerprint density at radius 2 is 1.96 bits per heavy atom. The average Bonchev–Trinajstić information content (AvgIpc) is 2.70. The molecule has 150 valence electrons. The summed E-state index contributed by atoms with van der Waals surface area (Å²) in [6.07, 6.45) is 7.92. The first-order valence-electron chi connectivity index (χ1n) is 9.51. The zero-order valence-electron chi connectivity index (χ0n) is 16.5. The van der Waals surface area contributed by atoms with Crippen LogP contribution >= 0.6 is 0 Å². The Hall–Kier alpha value is -1.86. The Morgan fingerprint density at radius 1 is 1.26 bits per heavy atom. The van der Waals surface area contributed by atoms with Gasteiger partial charge in [-0.2, -0.15) is 4.31 Å². The fourth-order valence-corrected chi connectivity index (χ4v) is 4.75. The molecule has 1 aliphatic rings. The van der Waals surface area contributed by atoms with Crippen molar-refractivity contribution in [1.82, 2.24) is 9.21 Å². The lowest BCUT2D eigenvalue weighted by atomic mass is 10.2. The summed E-state index contributed by atoms with van der Waals surface area (Å²) < 4.78 is 32.9. The summed E-state index contributed by atoms with van der Waals surface area (Å²) in [6.45, 7) is 3.85. The number of amides is 1. The number of carbonyl (C=O) groups is 1. The first kappa shape index (κ1) is 21.4. The molecule has 1 aliphatic heterocycles. The molecule has 0 N–H and O–H groups in total. The smallest absolute Gasteiger partial charge is 0.246 e. The summed E-state index contributed by atoms with van der Waals surface area (Å²) in [7, 11) is -0.384. The largest absolute Gasteiger partial charge is 0.495 e. The second-order valence-electron chi connectivity index (χ2n) is 6.82. The van der Waals surface area contributed by atoms with Crippen molar-refractivity contribution in [3.63, 3.8) is 0 Å². The van der Waals surface area contributed by atoms with Crippen LogP contribution in [-0.2, 0) is 14.8 Å². The summed E-state index contributed by atoms with van der Waals surface area (Å²) in [5, 5.41) is 0. The molecule has 2 rings (SSSR count). The van der Waals surface area contributed by atoms with Crippen molar-refractivity contribution in [2.24, 2.45) is 0 Å². The molecule has 1 aromatic rings. The van der Waals surface area contributed by atoms with Crippen LogP contribution in [0.3, 0.4) is 0 Å². The highest BCUT2D eigenvalue weighted by atomic mass is 32.2. The van der Waals surface area contributed by atoms with E-state index in [9.17, 15) is 13.2 Å². The van der Waals surface area contributed by atoms with E-state index in [1.54, 1.807) is 36.2 Å². The number of hydrogen-bond donors (Lipinski definition) is 0. The molecule has 0 saturated carbocycles. The van der Waals surface area contributed by atoms with E-state index in [0.717, 1.165) is 32.1 Å². The van der Waals surface area contributed by atoms with Gasteiger partial charge in [-0.1, -0.05) is 25.8 Å². The number of rotatable bonds is 8. The number of hydrogen-bond acceptors (Lipinski definition) is 4. The number of ether oxygens (including phenoxy) is 1. The van der Waals surface area contributed by atoms with Crippen molar-refractivity contribution in [1.29, 1.82) is 0 Å². The van der Waals surface area contributed by atoms with Gasteiger partial charge in [-0.15, -0.1) is 0 Å². The number of likely N-dealkylation sites (N-methyl/N-ethyl adjacent to an activating group) is 1. The molecule has 7 heteroatoms. The SMILES string of the molecule is CCCCN(C)C(=O)/C=C/c1ccc(OC)c(S(=O)(=O)N2CCCCC2)c1. The highest BCUT2D eigenvalue weighted by molar-refractivity contribution is 7.89. The Labute approximate surface area is 162 Å². The molecular formula is C20H30N2O4S. The quantitative estimate of drug-likeness (QED) is 0.635. The fraction of sp³-hybridized carbons (Fsp3) is 0.550. The number of methoxy groups -OCH3 is 1. The molecule has 1 fully saturated rings. The second-order valence-corrected chi connectivity index (χ2v) is 8.73.